The quantitative estimate of drug-likeness (QED) is 0.878. The number of carboxylic acid groups (broad SMARTS) is 1. The van der Waals surface area contributed by atoms with Gasteiger partial charge in [-0.1, -0.05) is 6.92 Å². The molecule has 19 heavy (non-hydrogen) atoms. The van der Waals surface area contributed by atoms with Crippen LogP contribution in [0.2, 0.25) is 0 Å². The number of aryl methyl sites for hydroxylation is 1. The van der Waals surface area contributed by atoms with E-state index in [2.05, 4.69) is 18.0 Å². The van der Waals surface area contributed by atoms with E-state index in [-0.39, 0.29) is 0 Å². The van der Waals surface area contributed by atoms with E-state index in [1.807, 2.05) is 6.92 Å². The van der Waals surface area contributed by atoms with Gasteiger partial charge in [-0.25, -0.2) is 9.78 Å². The molecule has 0 spiro atoms. The Kier molecular flexibility index (Phi) is 3.70. The van der Waals surface area contributed by atoms with Crippen molar-refractivity contribution in [2.45, 2.75) is 32.7 Å². The zero-order valence-corrected chi connectivity index (χ0v) is 11.1. The third-order valence-electron chi connectivity index (χ3n) is 3.56. The van der Waals surface area contributed by atoms with Crippen LogP contribution in [0.3, 0.4) is 0 Å². The highest BCUT2D eigenvalue weighted by atomic mass is 16.4. The Morgan fingerprint density at radius 2 is 2.32 bits per heavy atom. The molecule has 1 aliphatic heterocycles. The molecule has 5 heteroatoms. The summed E-state index contributed by atoms with van der Waals surface area (Å²) in [5, 5.41) is 18.5. The predicted molar refractivity (Wildman–Crippen MR) is 70.9 cm³/mol. The molecule has 0 bridgehead atoms. The Bertz CT molecular complexity index is 536. The number of carboxylic acids is 1. The number of nitrogens with zero attached hydrogens (tertiary/aromatic N) is 3. The minimum absolute atomic E-state index is 0.382. The summed E-state index contributed by atoms with van der Waals surface area (Å²) in [6, 6.07) is 4.97. The molecule has 1 fully saturated rings. The minimum atomic E-state index is -0.848. The van der Waals surface area contributed by atoms with Crippen molar-refractivity contribution < 1.29 is 9.90 Å². The molecule has 100 valence electrons. The minimum Gasteiger partial charge on any atom is -0.480 e. The fourth-order valence-corrected chi connectivity index (χ4v) is 2.48. The van der Waals surface area contributed by atoms with Gasteiger partial charge in [0.15, 0.2) is 0 Å². The molecule has 2 atom stereocenters. The summed E-state index contributed by atoms with van der Waals surface area (Å²) >= 11 is 0. The number of nitriles is 1. The van der Waals surface area contributed by atoms with Gasteiger partial charge in [0.2, 0.25) is 0 Å². The lowest BCUT2D eigenvalue weighted by Gasteiger charge is -2.37. The van der Waals surface area contributed by atoms with E-state index >= 15 is 0 Å². The van der Waals surface area contributed by atoms with Crippen molar-refractivity contribution in [3.8, 4) is 6.07 Å². The summed E-state index contributed by atoms with van der Waals surface area (Å²) in [5.41, 5.74) is 1.23. The van der Waals surface area contributed by atoms with Gasteiger partial charge < -0.3 is 10.0 Å². The van der Waals surface area contributed by atoms with Gasteiger partial charge in [-0.3, -0.25) is 0 Å². The second-order valence-electron chi connectivity index (χ2n) is 5.11. The van der Waals surface area contributed by atoms with Crippen molar-refractivity contribution in [3.63, 3.8) is 0 Å². The zero-order chi connectivity index (χ0) is 14.0. The van der Waals surface area contributed by atoms with Gasteiger partial charge in [-0.15, -0.1) is 0 Å². The van der Waals surface area contributed by atoms with Crippen LogP contribution in [0.25, 0.3) is 0 Å². The van der Waals surface area contributed by atoms with Gasteiger partial charge in [0.05, 0.1) is 5.56 Å². The molecule has 0 saturated carbocycles. The van der Waals surface area contributed by atoms with Crippen molar-refractivity contribution in [1.29, 1.82) is 5.26 Å². The molecular weight excluding hydrogens is 242 g/mol. The summed E-state index contributed by atoms with van der Waals surface area (Å²) in [4.78, 5) is 17.5. The number of piperidine rings is 1. The van der Waals surface area contributed by atoms with E-state index in [9.17, 15) is 9.90 Å². The average Bonchev–Trinajstić information content (AvgIpc) is 2.38. The van der Waals surface area contributed by atoms with Gasteiger partial charge in [0.25, 0.3) is 0 Å². The molecule has 5 nitrogen and oxygen atoms in total. The molecule has 2 rings (SSSR count). The largest absolute Gasteiger partial charge is 0.480 e. The smallest absolute Gasteiger partial charge is 0.326 e. The van der Waals surface area contributed by atoms with E-state index in [1.54, 1.807) is 17.0 Å². The van der Waals surface area contributed by atoms with Gasteiger partial charge >= 0.3 is 5.97 Å². The summed E-state index contributed by atoms with van der Waals surface area (Å²) in [5.74, 6) is 0.0354. The number of hydrogen-bond acceptors (Lipinski definition) is 4. The number of pyridine rings is 1. The van der Waals surface area contributed by atoms with Crippen molar-refractivity contribution >= 4 is 11.8 Å². The van der Waals surface area contributed by atoms with Crippen LogP contribution in [0.15, 0.2) is 12.1 Å². The first-order valence-corrected chi connectivity index (χ1v) is 6.40. The molecule has 1 aromatic rings. The maximum atomic E-state index is 11.4. The summed E-state index contributed by atoms with van der Waals surface area (Å²) in [7, 11) is 0. The first-order valence-electron chi connectivity index (χ1n) is 6.40. The Labute approximate surface area is 112 Å². The van der Waals surface area contributed by atoms with Gasteiger partial charge in [0, 0.05) is 12.2 Å². The highest BCUT2D eigenvalue weighted by Crippen LogP contribution is 2.29. The topological polar surface area (TPSA) is 77.2 Å². The molecule has 0 amide bonds. The van der Waals surface area contributed by atoms with E-state index in [0.717, 1.165) is 12.1 Å². The number of carbonyl (C=O) groups is 1. The number of rotatable bonds is 2. The maximum absolute atomic E-state index is 11.4. The highest BCUT2D eigenvalue weighted by Gasteiger charge is 2.33. The van der Waals surface area contributed by atoms with Crippen molar-refractivity contribution in [1.82, 2.24) is 4.98 Å². The first kappa shape index (κ1) is 13.3. The molecule has 1 saturated heterocycles. The molecular formula is C14H17N3O2. The van der Waals surface area contributed by atoms with Crippen molar-refractivity contribution in [3.05, 3.63) is 23.4 Å². The van der Waals surface area contributed by atoms with Crippen LogP contribution in [0, 0.1) is 24.2 Å². The van der Waals surface area contributed by atoms with Crippen LogP contribution >= 0.6 is 0 Å². The number of hydrogen-bond donors (Lipinski definition) is 1. The molecule has 1 aromatic heterocycles. The fraction of sp³-hybridized carbons (Fsp3) is 0.500. The molecule has 1 aliphatic rings. The number of aromatic nitrogens is 1. The van der Waals surface area contributed by atoms with E-state index in [0.29, 0.717) is 30.3 Å². The monoisotopic (exact) mass is 259 g/mol. The molecule has 0 aliphatic carbocycles. The zero-order valence-electron chi connectivity index (χ0n) is 11.1. The van der Waals surface area contributed by atoms with Gasteiger partial charge in [-0.05, 0) is 37.8 Å². The van der Waals surface area contributed by atoms with Crippen LogP contribution in [0.5, 0.6) is 0 Å². The SMILES string of the molecule is Cc1ccc(C#N)c(N2CCC(C)CC2C(=O)O)n1. The van der Waals surface area contributed by atoms with Crippen LogP contribution in [-0.2, 0) is 4.79 Å². The summed E-state index contributed by atoms with van der Waals surface area (Å²) in [6.07, 6.45) is 1.51. The molecule has 0 radical (unpaired) electrons. The highest BCUT2D eigenvalue weighted by molar-refractivity contribution is 5.78. The van der Waals surface area contributed by atoms with E-state index in [4.69, 9.17) is 5.26 Å². The van der Waals surface area contributed by atoms with Crippen molar-refractivity contribution in [2.75, 3.05) is 11.4 Å². The lowest BCUT2D eigenvalue weighted by Crippen LogP contribution is -2.47. The fourth-order valence-electron chi connectivity index (χ4n) is 2.48. The lowest BCUT2D eigenvalue weighted by atomic mass is 9.92. The number of aliphatic carboxylic acids is 1. The van der Waals surface area contributed by atoms with Crippen LogP contribution in [0.1, 0.15) is 31.0 Å². The third kappa shape index (κ3) is 2.68. The Morgan fingerprint density at radius 3 is 2.95 bits per heavy atom. The van der Waals surface area contributed by atoms with Gasteiger partial charge in [-0.2, -0.15) is 5.26 Å². The number of anilines is 1. The van der Waals surface area contributed by atoms with Gasteiger partial charge in [0.1, 0.15) is 17.9 Å². The maximum Gasteiger partial charge on any atom is 0.326 e. The molecule has 0 aromatic carbocycles. The lowest BCUT2D eigenvalue weighted by molar-refractivity contribution is -0.139. The molecule has 2 heterocycles. The van der Waals surface area contributed by atoms with E-state index < -0.39 is 12.0 Å². The second kappa shape index (κ2) is 5.27. The standard InChI is InChI=1S/C14H17N3O2/c1-9-5-6-17(12(7-9)14(18)19)13-11(8-15)4-3-10(2)16-13/h3-4,9,12H,5-7H2,1-2H3,(H,18,19). The summed E-state index contributed by atoms with van der Waals surface area (Å²) in [6.45, 7) is 4.53. The normalized spacial score (nSPS) is 22.9. The Balaban J connectivity index is 2.41. The Hall–Kier alpha value is -2.09. The first-order chi connectivity index (χ1) is 9.02. The average molecular weight is 259 g/mol. The van der Waals surface area contributed by atoms with E-state index in [1.165, 1.54) is 0 Å². The molecule has 2 unspecified atom stereocenters. The predicted octanol–water partition coefficient (Wildman–Crippen LogP) is 1.95. The molecule has 1 N–H and O–H groups in total. The second-order valence-corrected chi connectivity index (χ2v) is 5.11. The third-order valence-corrected chi connectivity index (χ3v) is 3.56. The van der Waals surface area contributed by atoms with Crippen LogP contribution < -0.4 is 4.90 Å². The van der Waals surface area contributed by atoms with Crippen LogP contribution in [-0.4, -0.2) is 28.6 Å². The van der Waals surface area contributed by atoms with Crippen LogP contribution in [0.4, 0.5) is 5.82 Å². The summed E-state index contributed by atoms with van der Waals surface area (Å²) < 4.78 is 0. The van der Waals surface area contributed by atoms with Crippen molar-refractivity contribution in [2.24, 2.45) is 5.92 Å². The Morgan fingerprint density at radius 1 is 1.58 bits per heavy atom.